The Morgan fingerprint density at radius 1 is 1.50 bits per heavy atom. The maximum Gasteiger partial charge on any atom is 0.285 e. The fourth-order valence-electron chi connectivity index (χ4n) is 1.21. The van der Waals surface area contributed by atoms with Gasteiger partial charge in [-0.1, -0.05) is 6.92 Å². The second-order valence-corrected chi connectivity index (χ2v) is 3.54. The molecule has 0 N–H and O–H groups in total. The van der Waals surface area contributed by atoms with Gasteiger partial charge in [0.05, 0.1) is 5.69 Å². The average Bonchev–Trinajstić information content (AvgIpc) is 2.71. The molecular formula is C8H9BrN4O. The summed E-state index contributed by atoms with van der Waals surface area (Å²) in [6.45, 7) is 2.05. The number of rotatable bonds is 2. The predicted molar refractivity (Wildman–Crippen MR) is 53.6 cm³/mol. The highest BCUT2D eigenvalue weighted by molar-refractivity contribution is 9.10. The lowest BCUT2D eigenvalue weighted by Gasteiger charge is -1.92. The van der Waals surface area contributed by atoms with Gasteiger partial charge in [-0.2, -0.15) is 5.10 Å². The molecule has 6 heteroatoms. The van der Waals surface area contributed by atoms with E-state index in [9.17, 15) is 0 Å². The molecule has 2 rings (SSSR count). The van der Waals surface area contributed by atoms with E-state index < -0.39 is 0 Å². The first-order valence-corrected chi connectivity index (χ1v) is 5.02. The van der Waals surface area contributed by atoms with Crippen LogP contribution in [0.25, 0.3) is 11.6 Å². The van der Waals surface area contributed by atoms with Gasteiger partial charge in [-0.15, -0.1) is 10.2 Å². The number of aromatic nitrogens is 4. The van der Waals surface area contributed by atoms with Crippen LogP contribution in [0, 0.1) is 0 Å². The Bertz CT molecular complexity index is 448. The van der Waals surface area contributed by atoms with E-state index in [1.54, 1.807) is 4.68 Å². The molecule has 0 saturated carbocycles. The first-order chi connectivity index (χ1) is 6.70. The lowest BCUT2D eigenvalue weighted by atomic mass is 10.3. The summed E-state index contributed by atoms with van der Waals surface area (Å²) in [7, 11) is 1.85. The monoisotopic (exact) mass is 256 g/mol. The summed E-state index contributed by atoms with van der Waals surface area (Å²) < 4.78 is 6.98. The number of aryl methyl sites for hydroxylation is 2. The van der Waals surface area contributed by atoms with Gasteiger partial charge in [-0.3, -0.25) is 4.68 Å². The molecule has 0 aliphatic carbocycles. The zero-order chi connectivity index (χ0) is 10.1. The summed E-state index contributed by atoms with van der Waals surface area (Å²) in [5.41, 5.74) is 1.84. The quantitative estimate of drug-likeness (QED) is 0.823. The molecule has 2 heterocycles. The highest BCUT2D eigenvalue weighted by atomic mass is 79.9. The van der Waals surface area contributed by atoms with Crippen molar-refractivity contribution in [2.75, 3.05) is 0 Å². The molecule has 2 aromatic heterocycles. The molecule has 0 saturated heterocycles. The molecule has 0 atom stereocenters. The fraction of sp³-hybridized carbons (Fsp3) is 0.375. The molecule has 14 heavy (non-hydrogen) atoms. The number of nitrogens with zero attached hydrogens (tertiary/aromatic N) is 4. The molecule has 0 unspecified atom stereocenters. The Morgan fingerprint density at radius 3 is 2.79 bits per heavy atom. The third-order valence-electron chi connectivity index (χ3n) is 1.91. The Labute approximate surface area is 89.3 Å². The van der Waals surface area contributed by atoms with Gasteiger partial charge >= 0.3 is 0 Å². The van der Waals surface area contributed by atoms with Crippen LogP contribution in [0.5, 0.6) is 0 Å². The molecule has 0 radical (unpaired) electrons. The minimum Gasteiger partial charge on any atom is -0.409 e. The van der Waals surface area contributed by atoms with Crippen molar-refractivity contribution in [3.8, 4) is 11.6 Å². The Morgan fingerprint density at radius 2 is 2.29 bits per heavy atom. The fourth-order valence-corrected chi connectivity index (χ4v) is 1.44. The zero-order valence-corrected chi connectivity index (χ0v) is 9.45. The van der Waals surface area contributed by atoms with Gasteiger partial charge in [0.2, 0.25) is 0 Å². The molecule has 0 aliphatic rings. The smallest absolute Gasteiger partial charge is 0.285 e. The third kappa shape index (κ3) is 1.57. The highest BCUT2D eigenvalue weighted by Gasteiger charge is 2.12. The van der Waals surface area contributed by atoms with E-state index in [-0.39, 0.29) is 0 Å². The minimum absolute atomic E-state index is 0.381. The van der Waals surface area contributed by atoms with Crippen molar-refractivity contribution < 1.29 is 4.42 Å². The average molecular weight is 257 g/mol. The van der Waals surface area contributed by atoms with Crippen LogP contribution in [0.3, 0.4) is 0 Å². The molecule has 2 aromatic rings. The van der Waals surface area contributed by atoms with Gasteiger partial charge in [0.25, 0.3) is 10.7 Å². The molecule has 0 fully saturated rings. The summed E-state index contributed by atoms with van der Waals surface area (Å²) in [4.78, 5) is 0.381. The summed E-state index contributed by atoms with van der Waals surface area (Å²) in [6.07, 6.45) is 0.892. The van der Waals surface area contributed by atoms with E-state index in [1.165, 1.54) is 0 Å². The molecule has 0 bridgehead atoms. The van der Waals surface area contributed by atoms with E-state index in [0.29, 0.717) is 10.7 Å². The van der Waals surface area contributed by atoms with Gasteiger partial charge in [0.1, 0.15) is 5.69 Å². The van der Waals surface area contributed by atoms with Gasteiger partial charge in [-0.05, 0) is 12.5 Å². The summed E-state index contributed by atoms with van der Waals surface area (Å²) >= 11 is 3.11. The van der Waals surface area contributed by atoms with Crippen LogP contribution in [0.4, 0.5) is 0 Å². The van der Waals surface area contributed by atoms with E-state index >= 15 is 0 Å². The first kappa shape index (κ1) is 9.39. The molecule has 74 valence electrons. The van der Waals surface area contributed by atoms with Crippen molar-refractivity contribution in [2.45, 2.75) is 13.3 Å². The minimum atomic E-state index is 0.381. The summed E-state index contributed by atoms with van der Waals surface area (Å²) in [5.74, 6) is 0.478. The maximum atomic E-state index is 5.24. The second kappa shape index (κ2) is 3.53. The highest BCUT2D eigenvalue weighted by Crippen LogP contribution is 2.20. The Kier molecular flexibility index (Phi) is 2.37. The topological polar surface area (TPSA) is 56.7 Å². The third-order valence-corrected chi connectivity index (χ3v) is 2.23. The lowest BCUT2D eigenvalue weighted by Crippen LogP contribution is -1.94. The zero-order valence-electron chi connectivity index (χ0n) is 7.86. The number of halogens is 1. The first-order valence-electron chi connectivity index (χ1n) is 4.23. The largest absolute Gasteiger partial charge is 0.409 e. The standard InChI is InChI=1S/C8H9BrN4O/c1-3-5-4-6(13(2)12-5)7-10-11-8(9)14-7/h4H,3H2,1-2H3. The van der Waals surface area contributed by atoms with Crippen LogP contribution in [0.15, 0.2) is 15.3 Å². The van der Waals surface area contributed by atoms with Crippen LogP contribution >= 0.6 is 15.9 Å². The second-order valence-electron chi connectivity index (χ2n) is 2.86. The van der Waals surface area contributed by atoms with E-state index in [1.807, 2.05) is 13.1 Å². The van der Waals surface area contributed by atoms with Crippen molar-refractivity contribution in [3.05, 3.63) is 16.6 Å². The Hall–Kier alpha value is -1.17. The molecule has 0 amide bonds. The SMILES string of the molecule is CCc1cc(-c2nnc(Br)o2)n(C)n1. The molecule has 5 nitrogen and oxygen atoms in total. The maximum absolute atomic E-state index is 5.24. The summed E-state index contributed by atoms with van der Waals surface area (Å²) in [6, 6.07) is 1.94. The van der Waals surface area contributed by atoms with Gasteiger partial charge in [-0.25, -0.2) is 0 Å². The van der Waals surface area contributed by atoms with Crippen LogP contribution in [-0.2, 0) is 13.5 Å². The van der Waals surface area contributed by atoms with Gasteiger partial charge < -0.3 is 4.42 Å². The van der Waals surface area contributed by atoms with Crippen molar-refractivity contribution in [2.24, 2.45) is 7.05 Å². The van der Waals surface area contributed by atoms with E-state index in [2.05, 4.69) is 38.1 Å². The van der Waals surface area contributed by atoms with Crippen LogP contribution in [0.1, 0.15) is 12.6 Å². The molecule has 0 spiro atoms. The van der Waals surface area contributed by atoms with Crippen molar-refractivity contribution in [3.63, 3.8) is 0 Å². The van der Waals surface area contributed by atoms with Crippen molar-refractivity contribution >= 4 is 15.9 Å². The Balaban J connectivity index is 2.45. The molecule has 0 aromatic carbocycles. The number of hydrogen-bond acceptors (Lipinski definition) is 4. The van der Waals surface area contributed by atoms with E-state index in [4.69, 9.17) is 4.42 Å². The predicted octanol–water partition coefficient (Wildman–Crippen LogP) is 1.79. The van der Waals surface area contributed by atoms with Crippen molar-refractivity contribution in [1.82, 2.24) is 20.0 Å². The number of hydrogen-bond donors (Lipinski definition) is 0. The van der Waals surface area contributed by atoms with Crippen LogP contribution in [-0.4, -0.2) is 20.0 Å². The van der Waals surface area contributed by atoms with Crippen LogP contribution < -0.4 is 0 Å². The van der Waals surface area contributed by atoms with Crippen LogP contribution in [0.2, 0.25) is 0 Å². The normalized spacial score (nSPS) is 10.8. The van der Waals surface area contributed by atoms with Gasteiger partial charge in [0, 0.05) is 23.0 Å². The van der Waals surface area contributed by atoms with Gasteiger partial charge in [0.15, 0.2) is 0 Å². The summed E-state index contributed by atoms with van der Waals surface area (Å²) in [5, 5.41) is 11.9. The van der Waals surface area contributed by atoms with Crippen molar-refractivity contribution in [1.29, 1.82) is 0 Å². The molecule has 0 aliphatic heterocycles. The molecular weight excluding hydrogens is 248 g/mol. The lowest BCUT2D eigenvalue weighted by molar-refractivity contribution is 0.533. The van der Waals surface area contributed by atoms with E-state index in [0.717, 1.165) is 17.8 Å².